The van der Waals surface area contributed by atoms with Crippen LogP contribution in [0.2, 0.25) is 0 Å². The highest BCUT2D eigenvalue weighted by Crippen LogP contribution is 2.36. The second-order valence-corrected chi connectivity index (χ2v) is 4.24. The standard InChI is InChI=1S/C12H10O3S/c13-10-7-16-12(9(10)6-11(14)15)8-4-2-1-3-5-8/h1-5,7,13H,6H2,(H,14,15). The Labute approximate surface area is 96.6 Å². The molecule has 16 heavy (non-hydrogen) atoms. The zero-order chi connectivity index (χ0) is 11.5. The van der Waals surface area contributed by atoms with Crippen molar-refractivity contribution in [2.45, 2.75) is 6.42 Å². The Kier molecular flexibility index (Phi) is 2.92. The van der Waals surface area contributed by atoms with E-state index in [4.69, 9.17) is 5.11 Å². The molecule has 0 spiro atoms. The summed E-state index contributed by atoms with van der Waals surface area (Å²) in [5.41, 5.74) is 1.42. The number of rotatable bonds is 3. The molecule has 0 aliphatic carbocycles. The summed E-state index contributed by atoms with van der Waals surface area (Å²) in [5.74, 6) is -0.878. The van der Waals surface area contributed by atoms with Crippen LogP contribution in [-0.2, 0) is 11.2 Å². The minimum Gasteiger partial charge on any atom is -0.507 e. The number of carboxylic acids is 1. The van der Waals surface area contributed by atoms with Crippen LogP contribution in [0.15, 0.2) is 35.7 Å². The van der Waals surface area contributed by atoms with E-state index in [-0.39, 0.29) is 12.2 Å². The van der Waals surface area contributed by atoms with Gasteiger partial charge in [0.2, 0.25) is 0 Å². The molecule has 1 heterocycles. The van der Waals surface area contributed by atoms with E-state index in [0.717, 1.165) is 10.4 Å². The van der Waals surface area contributed by atoms with Gasteiger partial charge in [-0.3, -0.25) is 4.79 Å². The maximum absolute atomic E-state index is 10.7. The van der Waals surface area contributed by atoms with E-state index in [2.05, 4.69) is 0 Å². The van der Waals surface area contributed by atoms with Crippen molar-refractivity contribution in [3.63, 3.8) is 0 Å². The molecular formula is C12H10O3S. The molecule has 0 unspecified atom stereocenters. The molecular weight excluding hydrogens is 224 g/mol. The molecule has 0 fully saturated rings. The molecule has 1 aromatic heterocycles. The van der Waals surface area contributed by atoms with Crippen molar-refractivity contribution in [3.8, 4) is 16.2 Å². The van der Waals surface area contributed by atoms with Crippen LogP contribution in [0.5, 0.6) is 5.75 Å². The number of hydrogen-bond acceptors (Lipinski definition) is 3. The van der Waals surface area contributed by atoms with Crippen molar-refractivity contribution >= 4 is 17.3 Å². The summed E-state index contributed by atoms with van der Waals surface area (Å²) in [6.45, 7) is 0. The van der Waals surface area contributed by atoms with Crippen molar-refractivity contribution in [2.24, 2.45) is 0 Å². The van der Waals surface area contributed by atoms with E-state index < -0.39 is 5.97 Å². The SMILES string of the molecule is O=C(O)Cc1c(O)csc1-c1ccccc1. The third-order valence-electron chi connectivity index (χ3n) is 2.24. The van der Waals surface area contributed by atoms with Crippen LogP contribution in [0.25, 0.3) is 10.4 Å². The molecule has 3 nitrogen and oxygen atoms in total. The Bertz CT molecular complexity index is 502. The Morgan fingerprint density at radius 1 is 1.25 bits per heavy atom. The van der Waals surface area contributed by atoms with Gasteiger partial charge < -0.3 is 10.2 Å². The zero-order valence-corrected chi connectivity index (χ0v) is 9.20. The normalized spacial score (nSPS) is 10.2. The predicted octanol–water partition coefficient (Wildman–Crippen LogP) is 2.75. The molecule has 2 rings (SSSR count). The predicted molar refractivity (Wildman–Crippen MR) is 62.8 cm³/mol. The Hall–Kier alpha value is -1.81. The van der Waals surface area contributed by atoms with Gasteiger partial charge in [0, 0.05) is 15.8 Å². The third kappa shape index (κ3) is 2.06. The van der Waals surface area contributed by atoms with Gasteiger partial charge in [-0.05, 0) is 5.56 Å². The van der Waals surface area contributed by atoms with Crippen LogP contribution >= 0.6 is 11.3 Å². The minimum atomic E-state index is -0.939. The molecule has 0 saturated heterocycles. The summed E-state index contributed by atoms with van der Waals surface area (Å²) in [7, 11) is 0. The van der Waals surface area contributed by atoms with Crippen molar-refractivity contribution in [2.75, 3.05) is 0 Å². The number of thiophene rings is 1. The lowest BCUT2D eigenvalue weighted by molar-refractivity contribution is -0.136. The van der Waals surface area contributed by atoms with Gasteiger partial charge in [0.05, 0.1) is 6.42 Å². The summed E-state index contributed by atoms with van der Waals surface area (Å²) in [6.07, 6.45) is -0.153. The second-order valence-electron chi connectivity index (χ2n) is 3.37. The van der Waals surface area contributed by atoms with E-state index in [9.17, 15) is 9.90 Å². The molecule has 0 bridgehead atoms. The number of carbonyl (C=O) groups is 1. The first-order valence-corrected chi connectivity index (χ1v) is 5.63. The van der Waals surface area contributed by atoms with Gasteiger partial charge in [-0.25, -0.2) is 0 Å². The van der Waals surface area contributed by atoms with E-state index in [1.807, 2.05) is 30.3 Å². The summed E-state index contributed by atoms with van der Waals surface area (Å²) in [4.78, 5) is 11.5. The Morgan fingerprint density at radius 3 is 2.56 bits per heavy atom. The van der Waals surface area contributed by atoms with Crippen molar-refractivity contribution in [1.29, 1.82) is 0 Å². The highest BCUT2D eigenvalue weighted by Gasteiger charge is 2.15. The first-order chi connectivity index (χ1) is 7.68. The number of hydrogen-bond donors (Lipinski definition) is 2. The minimum absolute atomic E-state index is 0.0613. The maximum Gasteiger partial charge on any atom is 0.308 e. The molecule has 1 aromatic carbocycles. The topological polar surface area (TPSA) is 57.5 Å². The lowest BCUT2D eigenvalue weighted by Gasteiger charge is -2.02. The summed E-state index contributed by atoms with van der Waals surface area (Å²) < 4.78 is 0. The first-order valence-electron chi connectivity index (χ1n) is 4.75. The summed E-state index contributed by atoms with van der Waals surface area (Å²) in [6, 6.07) is 9.47. The average Bonchev–Trinajstić information content (AvgIpc) is 2.61. The van der Waals surface area contributed by atoms with Gasteiger partial charge in [-0.1, -0.05) is 30.3 Å². The fraction of sp³-hybridized carbons (Fsp3) is 0.0833. The van der Waals surface area contributed by atoms with Crippen LogP contribution in [0, 0.1) is 0 Å². The van der Waals surface area contributed by atoms with Crippen molar-refractivity contribution in [1.82, 2.24) is 0 Å². The lowest BCUT2D eigenvalue weighted by Crippen LogP contribution is -2.00. The van der Waals surface area contributed by atoms with Crippen LogP contribution in [0.4, 0.5) is 0 Å². The molecule has 0 aliphatic heterocycles. The highest BCUT2D eigenvalue weighted by atomic mass is 32.1. The summed E-state index contributed by atoms with van der Waals surface area (Å²) >= 11 is 1.36. The average molecular weight is 234 g/mol. The third-order valence-corrected chi connectivity index (χ3v) is 3.29. The smallest absolute Gasteiger partial charge is 0.308 e. The van der Waals surface area contributed by atoms with Crippen LogP contribution < -0.4 is 0 Å². The molecule has 2 aromatic rings. The van der Waals surface area contributed by atoms with Gasteiger partial charge in [0.15, 0.2) is 0 Å². The lowest BCUT2D eigenvalue weighted by atomic mass is 10.1. The maximum atomic E-state index is 10.7. The molecule has 0 amide bonds. The number of benzene rings is 1. The Balaban J connectivity index is 2.46. The van der Waals surface area contributed by atoms with Crippen LogP contribution in [0.3, 0.4) is 0 Å². The van der Waals surface area contributed by atoms with Crippen molar-refractivity contribution < 1.29 is 15.0 Å². The largest absolute Gasteiger partial charge is 0.507 e. The molecule has 0 aliphatic rings. The molecule has 0 atom stereocenters. The number of aromatic hydroxyl groups is 1. The fourth-order valence-corrected chi connectivity index (χ4v) is 2.49. The molecule has 2 N–H and O–H groups in total. The van der Waals surface area contributed by atoms with Gasteiger partial charge in [-0.15, -0.1) is 11.3 Å². The second kappa shape index (κ2) is 4.37. The highest BCUT2D eigenvalue weighted by molar-refractivity contribution is 7.14. The number of aliphatic carboxylic acids is 1. The Morgan fingerprint density at radius 2 is 1.94 bits per heavy atom. The monoisotopic (exact) mass is 234 g/mol. The molecule has 4 heteroatoms. The number of carboxylic acid groups (broad SMARTS) is 1. The van der Waals surface area contributed by atoms with Gasteiger partial charge in [-0.2, -0.15) is 0 Å². The van der Waals surface area contributed by atoms with E-state index in [1.165, 1.54) is 11.3 Å². The van der Waals surface area contributed by atoms with Gasteiger partial charge in [0.25, 0.3) is 0 Å². The molecule has 0 saturated carbocycles. The van der Waals surface area contributed by atoms with Crippen LogP contribution in [-0.4, -0.2) is 16.2 Å². The quantitative estimate of drug-likeness (QED) is 0.858. The zero-order valence-electron chi connectivity index (χ0n) is 8.38. The first kappa shape index (κ1) is 10.7. The molecule has 82 valence electrons. The van der Waals surface area contributed by atoms with E-state index in [1.54, 1.807) is 5.38 Å². The van der Waals surface area contributed by atoms with Crippen LogP contribution in [0.1, 0.15) is 5.56 Å². The fourth-order valence-electron chi connectivity index (χ4n) is 1.53. The van der Waals surface area contributed by atoms with Gasteiger partial charge in [0.1, 0.15) is 5.75 Å². The van der Waals surface area contributed by atoms with E-state index >= 15 is 0 Å². The summed E-state index contributed by atoms with van der Waals surface area (Å²) in [5, 5.41) is 19.9. The van der Waals surface area contributed by atoms with Gasteiger partial charge >= 0.3 is 5.97 Å². The molecule has 0 radical (unpaired) electrons. The van der Waals surface area contributed by atoms with Crippen molar-refractivity contribution in [3.05, 3.63) is 41.3 Å². The van der Waals surface area contributed by atoms with E-state index in [0.29, 0.717) is 5.56 Å².